The molecule has 2 aliphatic rings. The number of amides is 1. The minimum absolute atomic E-state index is 0.123. The molecule has 7 nitrogen and oxygen atoms in total. The van der Waals surface area contributed by atoms with E-state index in [-0.39, 0.29) is 17.5 Å². The van der Waals surface area contributed by atoms with E-state index in [0.717, 1.165) is 24.2 Å². The van der Waals surface area contributed by atoms with Gasteiger partial charge in [-0.3, -0.25) is 9.59 Å². The van der Waals surface area contributed by atoms with Crippen LogP contribution in [0.1, 0.15) is 47.3 Å². The van der Waals surface area contributed by atoms with E-state index in [1.54, 1.807) is 29.8 Å². The number of carbonyl (C=O) groups excluding carboxylic acids is 1. The molecular formula is C21H19ClN4O3S. The second-order valence-electron chi connectivity index (χ2n) is 7.76. The molecule has 0 spiro atoms. The molecule has 2 aromatic heterocycles. The van der Waals surface area contributed by atoms with Gasteiger partial charge in [-0.2, -0.15) is 0 Å². The number of nitrogens with one attached hydrogen (secondary N) is 1. The van der Waals surface area contributed by atoms with Crippen molar-refractivity contribution in [1.82, 2.24) is 19.9 Å². The van der Waals surface area contributed by atoms with Crippen LogP contribution in [0.15, 0.2) is 40.0 Å². The predicted molar refractivity (Wildman–Crippen MR) is 113 cm³/mol. The summed E-state index contributed by atoms with van der Waals surface area (Å²) in [4.78, 5) is 39.3. The molecule has 1 aliphatic heterocycles. The van der Waals surface area contributed by atoms with Gasteiger partial charge in [0.2, 0.25) is 0 Å². The summed E-state index contributed by atoms with van der Waals surface area (Å²) < 4.78 is 0. The van der Waals surface area contributed by atoms with Gasteiger partial charge in [-0.1, -0.05) is 23.7 Å². The number of rotatable bonds is 4. The molecule has 2 N–H and O–H groups in total. The third-order valence-electron chi connectivity index (χ3n) is 5.90. The summed E-state index contributed by atoms with van der Waals surface area (Å²) in [6.45, 7) is 0.515. The zero-order valence-electron chi connectivity index (χ0n) is 16.0. The number of carbonyl (C=O) groups is 1. The summed E-state index contributed by atoms with van der Waals surface area (Å²) in [5, 5.41) is 12.9. The lowest BCUT2D eigenvalue weighted by molar-refractivity contribution is -0.141. The number of aliphatic hydroxyl groups excluding tert-OH is 1. The molecule has 3 aromatic rings. The van der Waals surface area contributed by atoms with Crippen LogP contribution in [0, 0.1) is 0 Å². The summed E-state index contributed by atoms with van der Waals surface area (Å²) in [6.07, 6.45) is 0.966. The molecule has 0 unspecified atom stereocenters. The van der Waals surface area contributed by atoms with Crippen LogP contribution in [-0.2, 0) is 23.2 Å². The first-order valence-corrected chi connectivity index (χ1v) is 11.0. The molecule has 0 radical (unpaired) electrons. The minimum atomic E-state index is -1.32. The van der Waals surface area contributed by atoms with Crippen molar-refractivity contribution >= 4 is 28.8 Å². The van der Waals surface area contributed by atoms with Crippen LogP contribution in [0.25, 0.3) is 0 Å². The third-order valence-corrected chi connectivity index (χ3v) is 6.73. The highest BCUT2D eigenvalue weighted by Crippen LogP contribution is 2.51. The molecule has 9 heteroatoms. The molecular weight excluding hydrogens is 424 g/mol. The number of benzene rings is 1. The number of hydrogen-bond donors (Lipinski definition) is 2. The van der Waals surface area contributed by atoms with E-state index in [4.69, 9.17) is 16.6 Å². The second-order valence-corrected chi connectivity index (χ2v) is 8.92. The number of aromatic amines is 1. The van der Waals surface area contributed by atoms with Gasteiger partial charge in [-0.05, 0) is 30.5 Å². The van der Waals surface area contributed by atoms with Gasteiger partial charge in [0.1, 0.15) is 5.82 Å². The van der Waals surface area contributed by atoms with Crippen molar-refractivity contribution in [3.63, 3.8) is 0 Å². The van der Waals surface area contributed by atoms with Gasteiger partial charge < -0.3 is 15.0 Å². The van der Waals surface area contributed by atoms with Crippen LogP contribution in [0.3, 0.4) is 0 Å². The van der Waals surface area contributed by atoms with E-state index in [9.17, 15) is 14.7 Å². The standard InChI is InChI=1S/C21H19ClN4O3S/c22-13-3-1-2-12(8-13)17(27)19(29)26-7-4-15-14(9-26)18(28)25-20(24-15)21(5-6-21)16-10-30-11-23-16/h1-3,8,10-11,17,27H,4-7,9H2,(H,24,25,28)/t17-/m1/s1. The van der Waals surface area contributed by atoms with Crippen LogP contribution in [-0.4, -0.2) is 37.4 Å². The third kappa shape index (κ3) is 3.25. The molecule has 3 heterocycles. The Morgan fingerprint density at radius 3 is 2.90 bits per heavy atom. The highest BCUT2D eigenvalue weighted by molar-refractivity contribution is 7.07. The average Bonchev–Trinajstić information content (AvgIpc) is 3.38. The molecule has 1 fully saturated rings. The van der Waals surface area contributed by atoms with Crippen molar-refractivity contribution in [1.29, 1.82) is 0 Å². The topological polar surface area (TPSA) is 99.2 Å². The summed E-state index contributed by atoms with van der Waals surface area (Å²) >= 11 is 7.50. The highest BCUT2D eigenvalue weighted by atomic mass is 35.5. The zero-order chi connectivity index (χ0) is 20.9. The zero-order valence-corrected chi connectivity index (χ0v) is 17.5. The summed E-state index contributed by atoms with van der Waals surface area (Å²) in [5.74, 6) is 0.211. The quantitative estimate of drug-likeness (QED) is 0.647. The van der Waals surface area contributed by atoms with Crippen LogP contribution >= 0.6 is 22.9 Å². The van der Waals surface area contributed by atoms with Crippen molar-refractivity contribution in [2.45, 2.75) is 37.3 Å². The van der Waals surface area contributed by atoms with Crippen molar-refractivity contribution in [2.75, 3.05) is 6.54 Å². The molecule has 5 rings (SSSR count). The SMILES string of the molecule is O=C([C@H](O)c1cccc(Cl)c1)N1CCc2nc(C3(c4cscn4)CC3)[nH]c(=O)c2C1. The predicted octanol–water partition coefficient (Wildman–Crippen LogP) is 2.58. The lowest BCUT2D eigenvalue weighted by Crippen LogP contribution is -2.42. The molecule has 0 saturated heterocycles. The van der Waals surface area contributed by atoms with E-state index in [1.807, 2.05) is 5.38 Å². The van der Waals surface area contributed by atoms with E-state index in [2.05, 4.69) is 9.97 Å². The lowest BCUT2D eigenvalue weighted by Gasteiger charge is -2.30. The van der Waals surface area contributed by atoms with Gasteiger partial charge in [0, 0.05) is 23.4 Å². The Morgan fingerprint density at radius 1 is 1.37 bits per heavy atom. The Bertz CT molecular complexity index is 1170. The largest absolute Gasteiger partial charge is 0.378 e. The maximum absolute atomic E-state index is 12.9. The Kier molecular flexibility index (Phi) is 4.72. The molecule has 1 saturated carbocycles. The average molecular weight is 443 g/mol. The molecule has 1 aromatic carbocycles. The Balaban J connectivity index is 1.40. The van der Waals surface area contributed by atoms with Gasteiger partial charge in [0.15, 0.2) is 6.10 Å². The maximum atomic E-state index is 12.9. The van der Waals surface area contributed by atoms with Crippen molar-refractivity contribution in [2.24, 2.45) is 0 Å². The van der Waals surface area contributed by atoms with E-state index < -0.39 is 12.0 Å². The monoisotopic (exact) mass is 442 g/mol. The first kappa shape index (κ1) is 19.4. The van der Waals surface area contributed by atoms with Gasteiger partial charge >= 0.3 is 0 Å². The first-order chi connectivity index (χ1) is 14.5. The van der Waals surface area contributed by atoms with Gasteiger partial charge in [-0.25, -0.2) is 9.97 Å². The smallest absolute Gasteiger partial charge is 0.256 e. The highest BCUT2D eigenvalue weighted by Gasteiger charge is 2.50. The summed E-state index contributed by atoms with van der Waals surface area (Å²) in [7, 11) is 0. The molecule has 0 bridgehead atoms. The summed E-state index contributed by atoms with van der Waals surface area (Å²) in [6, 6.07) is 6.59. The van der Waals surface area contributed by atoms with Crippen LogP contribution < -0.4 is 5.56 Å². The molecule has 1 amide bonds. The van der Waals surface area contributed by atoms with Gasteiger partial charge in [0.25, 0.3) is 11.5 Å². The van der Waals surface area contributed by atoms with E-state index in [0.29, 0.717) is 34.9 Å². The number of halogens is 1. The summed E-state index contributed by atoms with van der Waals surface area (Å²) in [5.41, 5.74) is 3.85. The minimum Gasteiger partial charge on any atom is -0.378 e. The van der Waals surface area contributed by atoms with Crippen molar-refractivity contribution < 1.29 is 9.90 Å². The van der Waals surface area contributed by atoms with Gasteiger partial charge in [0.05, 0.1) is 34.4 Å². The number of hydrogen-bond acceptors (Lipinski definition) is 6. The fourth-order valence-corrected chi connectivity index (χ4v) is 4.87. The van der Waals surface area contributed by atoms with Crippen LogP contribution in [0.5, 0.6) is 0 Å². The Morgan fingerprint density at radius 2 is 2.20 bits per heavy atom. The maximum Gasteiger partial charge on any atom is 0.256 e. The normalized spacial score (nSPS) is 18.0. The molecule has 154 valence electrons. The number of H-pyrrole nitrogens is 1. The number of fused-ring (bicyclic) bond motifs is 1. The van der Waals surface area contributed by atoms with E-state index >= 15 is 0 Å². The van der Waals surface area contributed by atoms with Crippen molar-refractivity contribution in [3.05, 3.63) is 78.9 Å². The van der Waals surface area contributed by atoms with Gasteiger partial charge in [-0.15, -0.1) is 11.3 Å². The number of aromatic nitrogens is 3. The number of aliphatic hydroxyl groups is 1. The number of nitrogens with zero attached hydrogens (tertiary/aromatic N) is 3. The number of thiazole rings is 1. The lowest BCUT2D eigenvalue weighted by atomic mass is 10.00. The fourth-order valence-electron chi connectivity index (χ4n) is 4.02. The van der Waals surface area contributed by atoms with Crippen molar-refractivity contribution in [3.8, 4) is 0 Å². The molecule has 1 aliphatic carbocycles. The molecule has 30 heavy (non-hydrogen) atoms. The van der Waals surface area contributed by atoms with Crippen LogP contribution in [0.4, 0.5) is 0 Å². The molecule has 1 atom stereocenters. The Hall–Kier alpha value is -2.55. The first-order valence-electron chi connectivity index (χ1n) is 9.71. The Labute approximate surface area is 181 Å². The second kappa shape index (κ2) is 7.30. The van der Waals surface area contributed by atoms with Crippen LogP contribution in [0.2, 0.25) is 5.02 Å². The fraction of sp³-hybridized carbons (Fsp3) is 0.333. The van der Waals surface area contributed by atoms with E-state index in [1.165, 1.54) is 16.2 Å².